The first kappa shape index (κ1) is 34.9. The van der Waals surface area contributed by atoms with Crippen molar-refractivity contribution in [2.45, 2.75) is 83.1 Å². The fourth-order valence-electron chi connectivity index (χ4n) is 7.71. The van der Waals surface area contributed by atoms with Gasteiger partial charge in [0.15, 0.2) is 5.78 Å². The number of rotatable bonds is 11. The largest absolute Gasteiger partial charge is 0.466 e. The number of aryl methyl sites for hydroxylation is 1. The number of esters is 1. The number of nitrogens with one attached hydrogen (secondary N) is 1. The number of benzene rings is 2. The lowest BCUT2D eigenvalue weighted by molar-refractivity contribution is -0.258. The van der Waals surface area contributed by atoms with Gasteiger partial charge in [-0.2, -0.15) is 0 Å². The van der Waals surface area contributed by atoms with Crippen molar-refractivity contribution in [3.8, 4) is 0 Å². The summed E-state index contributed by atoms with van der Waals surface area (Å²) >= 11 is 13.6. The van der Waals surface area contributed by atoms with Crippen LogP contribution in [0.5, 0.6) is 0 Å². The van der Waals surface area contributed by atoms with Crippen molar-refractivity contribution in [2.75, 3.05) is 38.1 Å². The molecule has 0 spiro atoms. The van der Waals surface area contributed by atoms with Gasteiger partial charge in [0, 0.05) is 61.8 Å². The lowest BCUT2D eigenvalue weighted by Crippen LogP contribution is -2.68. The number of ether oxygens (including phenoxy) is 2. The number of fused-ring (bicyclic) bond motifs is 1. The Morgan fingerprint density at radius 2 is 1.54 bits per heavy atom. The topological polar surface area (TPSA) is 93.1 Å². The maximum Gasteiger partial charge on any atom is 0.308 e. The number of hydrogen-bond donors (Lipinski definition) is 1. The zero-order chi connectivity index (χ0) is 33.8. The van der Waals surface area contributed by atoms with Crippen LogP contribution in [0, 0.1) is 5.92 Å². The SMILES string of the molecule is CCOC(=O)C1CCC(OC(C(=O)Cc2cc(Cl)c(NC(=O)c3cn(C)c4ccccc34)cc2Cl)(N2CCCCC2)N2CCCC2)CC1. The molecule has 1 aliphatic carbocycles. The van der Waals surface area contributed by atoms with Crippen molar-refractivity contribution in [2.24, 2.45) is 13.0 Å². The van der Waals surface area contributed by atoms with Gasteiger partial charge in [0.05, 0.1) is 34.9 Å². The van der Waals surface area contributed by atoms with Gasteiger partial charge < -0.3 is 19.4 Å². The standard InChI is InChI=1S/C37H46Cl2N4O5/c1-3-47-36(46)25-13-15-27(16-14-25)48-37(43-19-9-10-20-43,42-17-7-4-8-18-42)34(44)22-26-21-31(39)32(23-30(26)38)40-35(45)29-24-41(2)33-12-6-5-11-28(29)33/h5-6,11-12,21,23-25,27H,3-4,7-10,13-20,22H2,1-2H3,(H,40,45). The van der Waals surface area contributed by atoms with Crippen LogP contribution >= 0.6 is 23.2 Å². The number of ketones is 1. The third-order valence-corrected chi connectivity index (χ3v) is 10.8. The highest BCUT2D eigenvalue weighted by atomic mass is 35.5. The zero-order valence-electron chi connectivity index (χ0n) is 27.9. The lowest BCUT2D eigenvalue weighted by Gasteiger charge is -2.51. The molecule has 2 saturated heterocycles. The molecule has 1 N–H and O–H groups in total. The molecule has 1 unspecified atom stereocenters. The molecular formula is C37H46Cl2N4O5. The van der Waals surface area contributed by atoms with Gasteiger partial charge in [-0.1, -0.05) is 47.8 Å². The molecule has 258 valence electrons. The van der Waals surface area contributed by atoms with Crippen molar-refractivity contribution in [3.63, 3.8) is 0 Å². The molecule has 3 aliphatic rings. The van der Waals surface area contributed by atoms with Gasteiger partial charge in [0.25, 0.3) is 5.91 Å². The summed E-state index contributed by atoms with van der Waals surface area (Å²) < 4.78 is 14.3. The molecular weight excluding hydrogens is 651 g/mol. The van der Waals surface area contributed by atoms with E-state index < -0.39 is 5.85 Å². The molecule has 0 radical (unpaired) electrons. The Labute approximate surface area is 292 Å². The number of hydrogen-bond acceptors (Lipinski definition) is 7. The van der Waals surface area contributed by atoms with E-state index in [4.69, 9.17) is 32.7 Å². The maximum absolute atomic E-state index is 14.8. The van der Waals surface area contributed by atoms with Crippen LogP contribution in [-0.2, 0) is 32.5 Å². The summed E-state index contributed by atoms with van der Waals surface area (Å²) in [7, 11) is 1.90. The maximum atomic E-state index is 14.8. The predicted octanol–water partition coefficient (Wildman–Crippen LogP) is 7.22. The normalized spacial score (nSPS) is 22.0. The zero-order valence-corrected chi connectivity index (χ0v) is 29.5. The van der Waals surface area contributed by atoms with Crippen LogP contribution in [0.4, 0.5) is 5.69 Å². The van der Waals surface area contributed by atoms with Gasteiger partial charge in [0.1, 0.15) is 0 Å². The molecule has 11 heteroatoms. The Morgan fingerprint density at radius 1 is 0.896 bits per heavy atom. The Kier molecular flexibility index (Phi) is 11.1. The first-order valence-corrected chi connectivity index (χ1v) is 18.2. The number of Topliss-reactive ketones (excluding diaryl/α,β-unsaturated/α-hetero) is 1. The van der Waals surface area contributed by atoms with Gasteiger partial charge >= 0.3 is 5.97 Å². The van der Waals surface area contributed by atoms with Gasteiger partial charge in [-0.05, 0) is 82.1 Å². The molecule has 6 rings (SSSR count). The summed E-state index contributed by atoms with van der Waals surface area (Å²) in [4.78, 5) is 45.1. The van der Waals surface area contributed by atoms with Crippen molar-refractivity contribution in [1.82, 2.24) is 14.4 Å². The van der Waals surface area contributed by atoms with E-state index in [-0.39, 0.29) is 36.1 Å². The average Bonchev–Trinajstić information content (AvgIpc) is 3.76. The van der Waals surface area contributed by atoms with E-state index in [1.54, 1.807) is 18.3 Å². The van der Waals surface area contributed by atoms with Crippen LogP contribution < -0.4 is 5.32 Å². The smallest absolute Gasteiger partial charge is 0.308 e. The Morgan fingerprint density at radius 3 is 2.21 bits per heavy atom. The summed E-state index contributed by atoms with van der Waals surface area (Å²) in [6, 6.07) is 11.0. The molecule has 9 nitrogen and oxygen atoms in total. The Balaban J connectivity index is 1.25. The first-order chi connectivity index (χ1) is 23.2. The summed E-state index contributed by atoms with van der Waals surface area (Å²) in [6.07, 6.45) is 9.54. The van der Waals surface area contributed by atoms with Gasteiger partial charge in [0.2, 0.25) is 5.85 Å². The second-order valence-corrected chi connectivity index (χ2v) is 14.2. The number of amides is 1. The number of carbonyl (C=O) groups excluding carboxylic acids is 3. The number of piperidine rings is 1. The minimum absolute atomic E-state index is 0.0290. The molecule has 3 heterocycles. The third-order valence-electron chi connectivity index (χ3n) is 10.2. The highest BCUT2D eigenvalue weighted by Gasteiger charge is 2.52. The van der Waals surface area contributed by atoms with E-state index in [1.165, 1.54) is 0 Å². The number of para-hydroxylation sites is 1. The van der Waals surface area contributed by atoms with Crippen LogP contribution in [0.15, 0.2) is 42.6 Å². The second kappa shape index (κ2) is 15.3. The number of halogens is 2. The van der Waals surface area contributed by atoms with Crippen molar-refractivity contribution in [1.29, 1.82) is 0 Å². The summed E-state index contributed by atoms with van der Waals surface area (Å²) in [5.74, 6) is -1.85. The summed E-state index contributed by atoms with van der Waals surface area (Å²) in [5, 5.41) is 4.42. The minimum Gasteiger partial charge on any atom is -0.466 e. The highest BCUT2D eigenvalue weighted by molar-refractivity contribution is 6.36. The highest BCUT2D eigenvalue weighted by Crippen LogP contribution is 2.39. The van der Waals surface area contributed by atoms with Crippen LogP contribution in [0.3, 0.4) is 0 Å². The minimum atomic E-state index is -1.23. The molecule has 1 amide bonds. The molecule has 3 fully saturated rings. The summed E-state index contributed by atoms with van der Waals surface area (Å²) in [6.45, 7) is 5.29. The van der Waals surface area contributed by atoms with E-state index in [1.807, 2.05) is 42.8 Å². The quantitative estimate of drug-likeness (QED) is 0.212. The Bertz CT molecular complexity index is 1640. The fourth-order valence-corrected chi connectivity index (χ4v) is 8.18. The molecule has 2 aliphatic heterocycles. The van der Waals surface area contributed by atoms with Gasteiger partial charge in [-0.25, -0.2) is 0 Å². The molecule has 2 aromatic carbocycles. The van der Waals surface area contributed by atoms with Crippen molar-refractivity contribution < 1.29 is 23.9 Å². The van der Waals surface area contributed by atoms with Crippen molar-refractivity contribution >= 4 is 57.5 Å². The second-order valence-electron chi connectivity index (χ2n) is 13.3. The number of aromatic nitrogens is 1. The molecule has 3 aromatic rings. The van der Waals surface area contributed by atoms with E-state index in [2.05, 4.69) is 15.1 Å². The van der Waals surface area contributed by atoms with Crippen LogP contribution in [0.25, 0.3) is 10.9 Å². The van der Waals surface area contributed by atoms with Crippen LogP contribution in [0.2, 0.25) is 10.0 Å². The third kappa shape index (κ3) is 7.17. The number of carbonyl (C=O) groups is 3. The fraction of sp³-hybridized carbons (Fsp3) is 0.541. The van der Waals surface area contributed by atoms with Crippen molar-refractivity contribution in [3.05, 3.63) is 63.8 Å². The molecule has 48 heavy (non-hydrogen) atoms. The number of anilines is 1. The Hall–Kier alpha value is -2.95. The lowest BCUT2D eigenvalue weighted by atomic mass is 9.87. The van der Waals surface area contributed by atoms with Crippen LogP contribution in [0.1, 0.15) is 80.6 Å². The van der Waals surface area contributed by atoms with E-state index in [9.17, 15) is 14.4 Å². The molecule has 1 aromatic heterocycles. The van der Waals surface area contributed by atoms with Crippen LogP contribution in [-0.4, -0.2) is 76.8 Å². The average molecular weight is 698 g/mol. The monoisotopic (exact) mass is 696 g/mol. The van der Waals surface area contributed by atoms with Gasteiger partial charge in [-0.15, -0.1) is 0 Å². The first-order valence-electron chi connectivity index (χ1n) is 17.4. The number of likely N-dealkylation sites (tertiary alicyclic amines) is 2. The molecule has 1 atom stereocenters. The molecule has 1 saturated carbocycles. The van der Waals surface area contributed by atoms with E-state index in [0.717, 1.165) is 69.2 Å². The van der Waals surface area contributed by atoms with E-state index in [0.29, 0.717) is 59.1 Å². The summed E-state index contributed by atoms with van der Waals surface area (Å²) in [5.41, 5.74) is 2.45. The van der Waals surface area contributed by atoms with E-state index >= 15 is 0 Å². The molecule has 0 bridgehead atoms. The number of nitrogens with zero attached hydrogens (tertiary/aromatic N) is 3. The van der Waals surface area contributed by atoms with Gasteiger partial charge in [-0.3, -0.25) is 24.2 Å². The predicted molar refractivity (Wildman–Crippen MR) is 188 cm³/mol.